The van der Waals surface area contributed by atoms with Gasteiger partial charge in [-0.05, 0) is 47.5 Å². The SMILES string of the molecule is N#Cc1cc(C#N)cc(C2Cc3cc(C(F)(F)F)ccc3O2)c1. The first-order valence-electron chi connectivity index (χ1n) is 6.72. The van der Waals surface area contributed by atoms with E-state index in [0.29, 0.717) is 28.0 Å². The Morgan fingerprint density at radius 2 is 1.65 bits per heavy atom. The fourth-order valence-corrected chi connectivity index (χ4v) is 2.58. The van der Waals surface area contributed by atoms with Crippen molar-refractivity contribution in [1.82, 2.24) is 0 Å². The van der Waals surface area contributed by atoms with Crippen molar-refractivity contribution >= 4 is 0 Å². The second kappa shape index (κ2) is 5.33. The summed E-state index contributed by atoms with van der Waals surface area (Å²) < 4.78 is 44.0. The van der Waals surface area contributed by atoms with Crippen LogP contribution in [0.2, 0.25) is 0 Å². The van der Waals surface area contributed by atoms with Crippen LogP contribution in [0.4, 0.5) is 13.2 Å². The van der Waals surface area contributed by atoms with E-state index in [4.69, 9.17) is 15.3 Å². The zero-order valence-electron chi connectivity index (χ0n) is 11.7. The van der Waals surface area contributed by atoms with Crippen molar-refractivity contribution in [2.24, 2.45) is 0 Å². The van der Waals surface area contributed by atoms with E-state index in [2.05, 4.69) is 0 Å². The zero-order valence-corrected chi connectivity index (χ0v) is 11.7. The summed E-state index contributed by atoms with van der Waals surface area (Å²) in [5, 5.41) is 18.0. The van der Waals surface area contributed by atoms with E-state index in [1.807, 2.05) is 12.1 Å². The van der Waals surface area contributed by atoms with E-state index in [-0.39, 0.29) is 6.42 Å². The highest BCUT2D eigenvalue weighted by Gasteiger charge is 2.33. The van der Waals surface area contributed by atoms with Crippen LogP contribution in [-0.4, -0.2) is 0 Å². The molecule has 0 aliphatic carbocycles. The van der Waals surface area contributed by atoms with Crippen molar-refractivity contribution in [2.75, 3.05) is 0 Å². The van der Waals surface area contributed by atoms with Crippen molar-refractivity contribution in [3.05, 3.63) is 64.2 Å². The van der Waals surface area contributed by atoms with Gasteiger partial charge in [-0.3, -0.25) is 0 Å². The predicted molar refractivity (Wildman–Crippen MR) is 74.4 cm³/mol. The van der Waals surface area contributed by atoms with Crippen LogP contribution in [0.3, 0.4) is 0 Å². The molecule has 0 saturated carbocycles. The number of rotatable bonds is 1. The molecule has 0 N–H and O–H groups in total. The molecule has 1 aliphatic rings. The van der Waals surface area contributed by atoms with E-state index in [1.165, 1.54) is 12.1 Å². The highest BCUT2D eigenvalue weighted by Crippen LogP contribution is 2.40. The molecular weight excluding hydrogens is 305 g/mol. The fraction of sp³-hybridized carbons (Fsp3) is 0.176. The molecule has 2 aromatic carbocycles. The molecule has 0 spiro atoms. The number of ether oxygens (including phenoxy) is 1. The van der Waals surface area contributed by atoms with Gasteiger partial charge >= 0.3 is 6.18 Å². The maximum absolute atomic E-state index is 12.8. The third kappa shape index (κ3) is 2.84. The Hall–Kier alpha value is -2.99. The number of benzene rings is 2. The average molecular weight is 314 g/mol. The van der Waals surface area contributed by atoms with Crippen LogP contribution < -0.4 is 4.74 Å². The highest BCUT2D eigenvalue weighted by molar-refractivity contribution is 5.47. The molecule has 0 fully saturated rings. The maximum Gasteiger partial charge on any atom is 0.416 e. The predicted octanol–water partition coefficient (Wildman–Crippen LogP) is 4.12. The van der Waals surface area contributed by atoms with Crippen molar-refractivity contribution in [2.45, 2.75) is 18.7 Å². The minimum absolute atomic E-state index is 0.263. The Kier molecular flexibility index (Phi) is 3.46. The lowest BCUT2D eigenvalue weighted by Gasteiger charge is -2.11. The number of fused-ring (bicyclic) bond motifs is 1. The van der Waals surface area contributed by atoms with Crippen LogP contribution in [0.25, 0.3) is 0 Å². The molecule has 1 aliphatic heterocycles. The average Bonchev–Trinajstić information content (AvgIpc) is 2.96. The lowest BCUT2D eigenvalue weighted by atomic mass is 9.99. The van der Waals surface area contributed by atoms with Crippen molar-refractivity contribution < 1.29 is 17.9 Å². The third-order valence-corrected chi connectivity index (χ3v) is 3.65. The minimum atomic E-state index is -4.40. The molecule has 0 saturated heterocycles. The Labute approximate surface area is 130 Å². The summed E-state index contributed by atoms with van der Waals surface area (Å²) in [5.74, 6) is 0.392. The van der Waals surface area contributed by atoms with Gasteiger partial charge in [-0.25, -0.2) is 0 Å². The molecule has 1 unspecified atom stereocenters. The van der Waals surface area contributed by atoms with E-state index in [1.54, 1.807) is 12.1 Å². The van der Waals surface area contributed by atoms with Gasteiger partial charge in [0, 0.05) is 6.42 Å². The van der Waals surface area contributed by atoms with Crippen LogP contribution in [0.15, 0.2) is 36.4 Å². The summed E-state index contributed by atoms with van der Waals surface area (Å²) >= 11 is 0. The molecule has 0 amide bonds. The Balaban J connectivity index is 1.94. The van der Waals surface area contributed by atoms with Gasteiger partial charge in [0.25, 0.3) is 0 Å². The quantitative estimate of drug-likeness (QED) is 0.795. The van der Waals surface area contributed by atoms with Crippen LogP contribution in [0.1, 0.15) is 33.9 Å². The summed E-state index contributed by atoms with van der Waals surface area (Å²) in [6, 6.07) is 11.9. The van der Waals surface area contributed by atoms with E-state index < -0.39 is 17.8 Å². The molecule has 0 radical (unpaired) electrons. The number of hydrogen-bond donors (Lipinski definition) is 0. The second-order valence-corrected chi connectivity index (χ2v) is 5.20. The van der Waals surface area contributed by atoms with Gasteiger partial charge in [0.05, 0.1) is 28.8 Å². The lowest BCUT2D eigenvalue weighted by Crippen LogP contribution is -2.05. The summed E-state index contributed by atoms with van der Waals surface area (Å²) in [7, 11) is 0. The van der Waals surface area contributed by atoms with Crippen molar-refractivity contribution in [3.8, 4) is 17.9 Å². The third-order valence-electron chi connectivity index (χ3n) is 3.65. The first-order chi connectivity index (χ1) is 10.9. The summed E-state index contributed by atoms with van der Waals surface area (Å²) in [4.78, 5) is 0. The number of nitrogens with zero attached hydrogens (tertiary/aromatic N) is 2. The Bertz CT molecular complexity index is 827. The molecule has 3 nitrogen and oxygen atoms in total. The standard InChI is InChI=1S/C17H9F3N2O/c18-17(19,20)14-1-2-15-13(6-14)7-16(23-15)12-4-10(8-21)3-11(5-12)9-22/h1-6,16H,7H2. The van der Waals surface area contributed by atoms with Crippen LogP contribution in [0, 0.1) is 22.7 Å². The molecule has 23 heavy (non-hydrogen) atoms. The second-order valence-electron chi connectivity index (χ2n) is 5.20. The molecular formula is C17H9F3N2O. The molecule has 1 heterocycles. The molecule has 6 heteroatoms. The van der Waals surface area contributed by atoms with Crippen molar-refractivity contribution in [3.63, 3.8) is 0 Å². The topological polar surface area (TPSA) is 56.8 Å². The van der Waals surface area contributed by atoms with E-state index in [0.717, 1.165) is 12.1 Å². The monoisotopic (exact) mass is 314 g/mol. The minimum Gasteiger partial charge on any atom is -0.485 e. The smallest absolute Gasteiger partial charge is 0.416 e. The number of alkyl halides is 3. The zero-order chi connectivity index (χ0) is 16.6. The lowest BCUT2D eigenvalue weighted by molar-refractivity contribution is -0.137. The number of hydrogen-bond acceptors (Lipinski definition) is 3. The Morgan fingerprint density at radius 3 is 2.22 bits per heavy atom. The molecule has 0 aromatic heterocycles. The molecule has 0 bridgehead atoms. The van der Waals surface area contributed by atoms with E-state index >= 15 is 0 Å². The first kappa shape index (κ1) is 14.9. The molecule has 2 aromatic rings. The molecule has 114 valence electrons. The van der Waals surface area contributed by atoms with Crippen LogP contribution >= 0.6 is 0 Å². The Morgan fingerprint density at radius 1 is 1.00 bits per heavy atom. The largest absolute Gasteiger partial charge is 0.485 e. The molecule has 1 atom stereocenters. The summed E-state index contributed by atoms with van der Waals surface area (Å²) in [6.07, 6.45) is -4.64. The fourth-order valence-electron chi connectivity index (χ4n) is 2.58. The van der Waals surface area contributed by atoms with Crippen molar-refractivity contribution in [1.29, 1.82) is 10.5 Å². The normalized spacial score (nSPS) is 16.1. The number of halogens is 3. The van der Waals surface area contributed by atoms with Gasteiger partial charge in [0.1, 0.15) is 11.9 Å². The first-order valence-corrected chi connectivity index (χ1v) is 6.72. The van der Waals surface area contributed by atoms with Crippen LogP contribution in [0.5, 0.6) is 5.75 Å². The van der Waals surface area contributed by atoms with Gasteiger partial charge in [-0.1, -0.05) is 0 Å². The van der Waals surface area contributed by atoms with Gasteiger partial charge in [0.15, 0.2) is 0 Å². The summed E-state index contributed by atoms with van der Waals surface area (Å²) in [5.41, 5.74) is 0.976. The van der Waals surface area contributed by atoms with E-state index in [9.17, 15) is 13.2 Å². The number of nitriles is 2. The maximum atomic E-state index is 12.8. The van der Waals surface area contributed by atoms with Gasteiger partial charge in [0.2, 0.25) is 0 Å². The van der Waals surface area contributed by atoms with Gasteiger partial charge in [-0.2, -0.15) is 23.7 Å². The van der Waals surface area contributed by atoms with Crippen LogP contribution in [-0.2, 0) is 12.6 Å². The highest BCUT2D eigenvalue weighted by atomic mass is 19.4. The van der Waals surface area contributed by atoms with Gasteiger partial charge in [-0.15, -0.1) is 0 Å². The molecule has 3 rings (SSSR count). The van der Waals surface area contributed by atoms with Gasteiger partial charge < -0.3 is 4.74 Å². The summed E-state index contributed by atoms with van der Waals surface area (Å²) in [6.45, 7) is 0.